The average molecular weight is 236 g/mol. The van der Waals surface area contributed by atoms with Crippen LogP contribution in [0.4, 0.5) is 5.82 Å². The molecule has 1 amide bonds. The van der Waals surface area contributed by atoms with Crippen LogP contribution in [0.5, 0.6) is 0 Å². The first-order valence-electron chi connectivity index (χ1n) is 5.58. The first kappa shape index (κ1) is 11.8. The molecule has 6 heteroatoms. The predicted molar refractivity (Wildman–Crippen MR) is 62.9 cm³/mol. The third-order valence-corrected chi connectivity index (χ3v) is 2.90. The van der Waals surface area contributed by atoms with Gasteiger partial charge in [0.25, 0.3) is 5.91 Å². The van der Waals surface area contributed by atoms with E-state index in [-0.39, 0.29) is 5.91 Å². The Kier molecular flexibility index (Phi) is 3.53. The van der Waals surface area contributed by atoms with Gasteiger partial charge in [-0.15, -0.1) is 10.2 Å². The molecule has 0 atom stereocenters. The molecular weight excluding hydrogens is 220 g/mol. The minimum Gasteiger partial charge on any atom is -0.381 e. The highest BCUT2D eigenvalue weighted by atomic mass is 16.5. The van der Waals surface area contributed by atoms with Gasteiger partial charge < -0.3 is 15.4 Å². The van der Waals surface area contributed by atoms with Crippen molar-refractivity contribution in [1.29, 1.82) is 0 Å². The molecule has 2 rings (SSSR count). The van der Waals surface area contributed by atoms with Crippen LogP contribution in [0.2, 0.25) is 0 Å². The van der Waals surface area contributed by atoms with Gasteiger partial charge in [-0.2, -0.15) is 0 Å². The molecule has 1 heterocycles. The van der Waals surface area contributed by atoms with E-state index in [0.717, 1.165) is 12.8 Å². The summed E-state index contributed by atoms with van der Waals surface area (Å²) in [5.41, 5.74) is 0.321. The topological polar surface area (TPSA) is 76.1 Å². The molecule has 1 aliphatic carbocycles. The van der Waals surface area contributed by atoms with E-state index in [4.69, 9.17) is 4.74 Å². The van der Waals surface area contributed by atoms with Gasteiger partial charge in [0.2, 0.25) is 0 Å². The van der Waals surface area contributed by atoms with Gasteiger partial charge >= 0.3 is 0 Å². The molecule has 0 radical (unpaired) electrons. The Hall–Kier alpha value is -1.69. The Morgan fingerprint density at radius 2 is 2.18 bits per heavy atom. The summed E-state index contributed by atoms with van der Waals surface area (Å²) in [6.45, 7) is 0. The number of ether oxygens (including phenoxy) is 1. The fourth-order valence-electron chi connectivity index (χ4n) is 1.74. The molecule has 92 valence electrons. The zero-order valence-electron chi connectivity index (χ0n) is 9.93. The van der Waals surface area contributed by atoms with E-state index in [2.05, 4.69) is 20.8 Å². The Morgan fingerprint density at radius 3 is 2.71 bits per heavy atom. The molecule has 0 bridgehead atoms. The number of amides is 1. The number of hydrogen-bond acceptors (Lipinski definition) is 5. The van der Waals surface area contributed by atoms with Crippen LogP contribution in [0.3, 0.4) is 0 Å². The summed E-state index contributed by atoms with van der Waals surface area (Å²) in [6.07, 6.45) is 2.32. The van der Waals surface area contributed by atoms with Gasteiger partial charge in [-0.05, 0) is 25.0 Å². The standard InChI is InChI=1S/C11H16N4O2/c1-12-11(16)9-3-4-10(15-14-9)13-7-5-8(6-7)17-2/h3-4,7-8H,5-6H2,1-2H3,(H,12,16)(H,13,15). The second kappa shape index (κ2) is 5.09. The van der Waals surface area contributed by atoms with Crippen LogP contribution in [0.15, 0.2) is 12.1 Å². The van der Waals surface area contributed by atoms with E-state index in [0.29, 0.717) is 23.7 Å². The fourth-order valence-corrected chi connectivity index (χ4v) is 1.74. The zero-order valence-corrected chi connectivity index (χ0v) is 9.93. The zero-order chi connectivity index (χ0) is 12.3. The van der Waals surface area contributed by atoms with Gasteiger partial charge in [-0.3, -0.25) is 4.79 Å². The smallest absolute Gasteiger partial charge is 0.271 e. The van der Waals surface area contributed by atoms with Gasteiger partial charge in [0, 0.05) is 20.2 Å². The van der Waals surface area contributed by atoms with Crippen LogP contribution in [-0.4, -0.2) is 42.4 Å². The van der Waals surface area contributed by atoms with Crippen LogP contribution in [0.25, 0.3) is 0 Å². The summed E-state index contributed by atoms with van der Waals surface area (Å²) in [7, 11) is 3.29. The lowest BCUT2D eigenvalue weighted by Crippen LogP contribution is -2.40. The number of aromatic nitrogens is 2. The molecule has 0 spiro atoms. The van der Waals surface area contributed by atoms with Crippen LogP contribution in [0.1, 0.15) is 23.3 Å². The lowest BCUT2D eigenvalue weighted by atomic mass is 9.89. The van der Waals surface area contributed by atoms with E-state index in [9.17, 15) is 4.79 Å². The highest BCUT2D eigenvalue weighted by molar-refractivity contribution is 5.91. The third-order valence-electron chi connectivity index (χ3n) is 2.90. The molecule has 2 N–H and O–H groups in total. The van der Waals surface area contributed by atoms with E-state index < -0.39 is 0 Å². The van der Waals surface area contributed by atoms with Crippen molar-refractivity contribution in [3.05, 3.63) is 17.8 Å². The lowest BCUT2D eigenvalue weighted by molar-refractivity contribution is 0.0327. The molecule has 0 unspecified atom stereocenters. The fraction of sp³-hybridized carbons (Fsp3) is 0.545. The highest BCUT2D eigenvalue weighted by Crippen LogP contribution is 2.25. The van der Waals surface area contributed by atoms with Crippen molar-refractivity contribution in [3.63, 3.8) is 0 Å². The minimum atomic E-state index is -0.229. The maximum absolute atomic E-state index is 11.2. The van der Waals surface area contributed by atoms with Crippen molar-refractivity contribution in [2.24, 2.45) is 0 Å². The van der Waals surface area contributed by atoms with Crippen LogP contribution >= 0.6 is 0 Å². The number of carbonyl (C=O) groups is 1. The maximum Gasteiger partial charge on any atom is 0.271 e. The largest absolute Gasteiger partial charge is 0.381 e. The van der Waals surface area contributed by atoms with E-state index >= 15 is 0 Å². The maximum atomic E-state index is 11.2. The molecule has 0 saturated heterocycles. The molecule has 17 heavy (non-hydrogen) atoms. The number of nitrogens with one attached hydrogen (secondary N) is 2. The quantitative estimate of drug-likeness (QED) is 0.792. The van der Waals surface area contributed by atoms with Gasteiger partial charge in [0.1, 0.15) is 5.82 Å². The summed E-state index contributed by atoms with van der Waals surface area (Å²) in [5, 5.41) is 13.5. The number of anilines is 1. The van der Waals surface area contributed by atoms with E-state index in [1.807, 2.05) is 0 Å². The Labute approximate surface area is 99.8 Å². The predicted octanol–water partition coefficient (Wildman–Crippen LogP) is 0.425. The Bertz CT molecular complexity index is 387. The number of nitrogens with zero attached hydrogens (tertiary/aromatic N) is 2. The molecule has 6 nitrogen and oxygen atoms in total. The summed E-state index contributed by atoms with van der Waals surface area (Å²) in [5.74, 6) is 0.462. The van der Waals surface area contributed by atoms with Crippen LogP contribution in [-0.2, 0) is 4.74 Å². The molecule has 1 saturated carbocycles. The van der Waals surface area contributed by atoms with Gasteiger partial charge in [-0.1, -0.05) is 0 Å². The van der Waals surface area contributed by atoms with Crippen molar-refractivity contribution < 1.29 is 9.53 Å². The first-order valence-corrected chi connectivity index (χ1v) is 5.58. The number of rotatable bonds is 4. The van der Waals surface area contributed by atoms with Crippen molar-refractivity contribution >= 4 is 11.7 Å². The SMILES string of the molecule is CNC(=O)c1ccc(NC2CC(OC)C2)nn1. The van der Waals surface area contributed by atoms with E-state index in [1.54, 1.807) is 26.3 Å². The monoisotopic (exact) mass is 236 g/mol. The molecule has 1 fully saturated rings. The summed E-state index contributed by atoms with van der Waals surface area (Å²) in [4.78, 5) is 11.2. The van der Waals surface area contributed by atoms with Crippen LogP contribution in [0, 0.1) is 0 Å². The van der Waals surface area contributed by atoms with Crippen molar-refractivity contribution in [2.45, 2.75) is 25.0 Å². The van der Waals surface area contributed by atoms with E-state index in [1.165, 1.54) is 0 Å². The van der Waals surface area contributed by atoms with Gasteiger partial charge in [0.15, 0.2) is 5.69 Å². The molecule has 1 aliphatic rings. The molecule has 0 aliphatic heterocycles. The van der Waals surface area contributed by atoms with Crippen molar-refractivity contribution in [1.82, 2.24) is 15.5 Å². The third kappa shape index (κ3) is 2.71. The van der Waals surface area contributed by atoms with Crippen molar-refractivity contribution in [2.75, 3.05) is 19.5 Å². The second-order valence-corrected chi connectivity index (χ2v) is 4.05. The number of carbonyl (C=O) groups excluding carboxylic acids is 1. The Morgan fingerprint density at radius 1 is 1.41 bits per heavy atom. The summed E-state index contributed by atoms with van der Waals surface area (Å²) < 4.78 is 5.19. The second-order valence-electron chi connectivity index (χ2n) is 4.05. The minimum absolute atomic E-state index is 0.229. The van der Waals surface area contributed by atoms with Crippen LogP contribution < -0.4 is 10.6 Å². The van der Waals surface area contributed by atoms with Crippen molar-refractivity contribution in [3.8, 4) is 0 Å². The summed E-state index contributed by atoms with van der Waals surface area (Å²) >= 11 is 0. The number of hydrogen-bond donors (Lipinski definition) is 2. The first-order chi connectivity index (χ1) is 8.22. The highest BCUT2D eigenvalue weighted by Gasteiger charge is 2.29. The van der Waals surface area contributed by atoms with Gasteiger partial charge in [0.05, 0.1) is 6.10 Å². The molecule has 1 aromatic rings. The van der Waals surface area contributed by atoms with Gasteiger partial charge in [-0.25, -0.2) is 0 Å². The Balaban J connectivity index is 1.88. The summed E-state index contributed by atoms with van der Waals surface area (Å²) in [6, 6.07) is 3.80. The normalized spacial score (nSPS) is 22.7. The molecular formula is C11H16N4O2. The average Bonchev–Trinajstić information content (AvgIpc) is 2.33. The number of methoxy groups -OCH3 is 1. The lowest BCUT2D eigenvalue weighted by Gasteiger charge is -2.34. The molecule has 0 aromatic carbocycles. The molecule has 1 aromatic heterocycles.